The number of rotatable bonds is 2. The van der Waals surface area contributed by atoms with Crippen LogP contribution in [0.3, 0.4) is 0 Å². The van der Waals surface area contributed by atoms with Crippen molar-refractivity contribution in [2.45, 2.75) is 48.3 Å². The van der Waals surface area contributed by atoms with E-state index in [9.17, 15) is 0 Å². The summed E-state index contributed by atoms with van der Waals surface area (Å²) < 4.78 is 2.70. The van der Waals surface area contributed by atoms with Gasteiger partial charge >= 0.3 is 0 Å². The highest BCUT2D eigenvalue weighted by atomic mass is 32.2. The molecule has 1 aliphatic heterocycles. The molecule has 8 aromatic carbocycles. The van der Waals surface area contributed by atoms with Crippen LogP contribution in [0.15, 0.2) is 155 Å². The molecule has 0 atom stereocenters. The van der Waals surface area contributed by atoms with E-state index in [2.05, 4.69) is 173 Å². The van der Waals surface area contributed by atoms with E-state index < -0.39 is 0 Å². The summed E-state index contributed by atoms with van der Waals surface area (Å²) in [5.74, 6) is 0. The molecule has 256 valence electrons. The number of thiophene rings is 1. The zero-order chi connectivity index (χ0) is 36.1. The van der Waals surface area contributed by atoms with Crippen LogP contribution in [0.25, 0.3) is 86.6 Å². The van der Waals surface area contributed by atoms with Crippen LogP contribution in [0.2, 0.25) is 0 Å². The van der Waals surface area contributed by atoms with Crippen LogP contribution in [0.4, 0.5) is 0 Å². The second-order valence-electron chi connectivity index (χ2n) is 16.5. The molecule has 0 saturated heterocycles. The Bertz CT molecular complexity index is 3130. The summed E-state index contributed by atoms with van der Waals surface area (Å²) >= 11 is 3.86. The lowest BCUT2D eigenvalue weighted by molar-refractivity contribution is 0.660. The molecule has 0 bridgehead atoms. The van der Waals surface area contributed by atoms with Gasteiger partial charge < -0.3 is 0 Å². The molecule has 0 fully saturated rings. The van der Waals surface area contributed by atoms with E-state index in [0.717, 1.165) is 0 Å². The van der Waals surface area contributed by atoms with Gasteiger partial charge in [0.2, 0.25) is 0 Å². The predicted octanol–water partition coefficient (Wildman–Crippen LogP) is 15.3. The molecule has 0 N–H and O–H groups in total. The lowest BCUT2D eigenvalue weighted by Crippen LogP contribution is -2.14. The molecular weight excluding hydrogens is 689 g/mol. The quantitative estimate of drug-likeness (QED) is 0.171. The zero-order valence-electron chi connectivity index (χ0n) is 30.7. The molecular formula is C52H36S2. The van der Waals surface area contributed by atoms with Gasteiger partial charge in [-0.15, -0.1) is 11.3 Å². The van der Waals surface area contributed by atoms with Crippen molar-refractivity contribution in [3.05, 3.63) is 168 Å². The largest absolute Gasteiger partial charge is 0.135 e. The van der Waals surface area contributed by atoms with Crippen molar-refractivity contribution >= 4 is 54.0 Å². The van der Waals surface area contributed by atoms with Gasteiger partial charge in [0, 0.05) is 46.2 Å². The van der Waals surface area contributed by atoms with Crippen LogP contribution in [0.1, 0.15) is 49.9 Å². The van der Waals surface area contributed by atoms with E-state index in [1.54, 1.807) is 0 Å². The van der Waals surface area contributed by atoms with Crippen molar-refractivity contribution in [3.8, 4) is 55.6 Å². The maximum absolute atomic E-state index is 2.48. The van der Waals surface area contributed by atoms with Crippen LogP contribution < -0.4 is 0 Å². The van der Waals surface area contributed by atoms with Crippen LogP contribution in [0.5, 0.6) is 0 Å². The van der Waals surface area contributed by atoms with Gasteiger partial charge in [-0.1, -0.05) is 149 Å². The third-order valence-electron chi connectivity index (χ3n) is 12.9. The summed E-state index contributed by atoms with van der Waals surface area (Å²) in [7, 11) is 0. The highest BCUT2D eigenvalue weighted by Crippen LogP contribution is 2.55. The Kier molecular flexibility index (Phi) is 6.10. The van der Waals surface area contributed by atoms with Crippen LogP contribution in [0, 0.1) is 0 Å². The van der Waals surface area contributed by atoms with Gasteiger partial charge in [-0.05, 0) is 120 Å². The van der Waals surface area contributed by atoms with Gasteiger partial charge in [0.25, 0.3) is 0 Å². The third-order valence-corrected chi connectivity index (χ3v) is 15.1. The Morgan fingerprint density at radius 3 is 1.57 bits per heavy atom. The van der Waals surface area contributed by atoms with Gasteiger partial charge in [0.15, 0.2) is 0 Å². The fourth-order valence-electron chi connectivity index (χ4n) is 10.1. The summed E-state index contributed by atoms with van der Waals surface area (Å²) in [6.07, 6.45) is 0. The van der Waals surface area contributed by atoms with Crippen molar-refractivity contribution < 1.29 is 0 Å². The summed E-state index contributed by atoms with van der Waals surface area (Å²) in [5, 5.41) is 5.48. The van der Waals surface area contributed by atoms with Crippen molar-refractivity contribution in [3.63, 3.8) is 0 Å². The van der Waals surface area contributed by atoms with Gasteiger partial charge in [-0.3, -0.25) is 0 Å². The molecule has 2 aliphatic carbocycles. The Hall–Kier alpha value is -5.41. The molecule has 1 aromatic heterocycles. The molecule has 3 aliphatic rings. The smallest absolute Gasteiger partial charge is 0.0368 e. The molecule has 2 heterocycles. The van der Waals surface area contributed by atoms with E-state index in [1.807, 2.05) is 23.1 Å². The van der Waals surface area contributed by atoms with Crippen molar-refractivity contribution in [2.75, 3.05) is 0 Å². The van der Waals surface area contributed by atoms with E-state index in [-0.39, 0.29) is 10.8 Å². The van der Waals surface area contributed by atoms with Gasteiger partial charge in [0.05, 0.1) is 0 Å². The average Bonchev–Trinajstić information content (AvgIpc) is 3.76. The first kappa shape index (κ1) is 31.0. The molecule has 9 aromatic rings. The fraction of sp³-hybridized carbons (Fsp3) is 0.115. The van der Waals surface area contributed by atoms with E-state index >= 15 is 0 Å². The number of fused-ring (bicyclic) bond motifs is 12. The second-order valence-corrected chi connectivity index (χ2v) is 18.6. The molecule has 2 heteroatoms. The van der Waals surface area contributed by atoms with Gasteiger partial charge in [-0.25, -0.2) is 0 Å². The Morgan fingerprint density at radius 1 is 0.352 bits per heavy atom. The van der Waals surface area contributed by atoms with Crippen LogP contribution >= 0.6 is 23.1 Å². The minimum absolute atomic E-state index is 0.0113. The molecule has 0 saturated carbocycles. The normalized spacial score (nSPS) is 15.3. The summed E-state index contributed by atoms with van der Waals surface area (Å²) in [5.41, 5.74) is 19.0. The summed E-state index contributed by atoms with van der Waals surface area (Å²) in [6.45, 7) is 9.46. The fourth-order valence-corrected chi connectivity index (χ4v) is 12.5. The Labute approximate surface area is 324 Å². The molecule has 54 heavy (non-hydrogen) atoms. The standard InChI is InChI=1S/C52H36S2/c1-51(2)41-13-7-5-10-33(41)35-20-16-29(24-43(35)51)31-18-22-37-40-28-48-49(39-12-9-15-45(50(39)40)53-46(37)26-31)38-23-19-32(27-47(38)54-48)30-17-21-36-34-11-6-8-14-42(34)52(3,4)44(36)25-30/h5-28H,1-4H3. The molecule has 0 spiro atoms. The van der Waals surface area contributed by atoms with Crippen LogP contribution in [-0.4, -0.2) is 0 Å². The lowest BCUT2D eigenvalue weighted by Gasteiger charge is -2.23. The van der Waals surface area contributed by atoms with Gasteiger partial charge in [0.1, 0.15) is 0 Å². The van der Waals surface area contributed by atoms with E-state index in [0.29, 0.717) is 0 Å². The second kappa shape index (κ2) is 10.6. The minimum Gasteiger partial charge on any atom is -0.135 e. The molecule has 0 nitrogen and oxygen atoms in total. The maximum atomic E-state index is 2.48. The topological polar surface area (TPSA) is 0 Å². The lowest BCUT2D eigenvalue weighted by atomic mass is 9.81. The van der Waals surface area contributed by atoms with Crippen molar-refractivity contribution in [2.24, 2.45) is 0 Å². The van der Waals surface area contributed by atoms with E-state index in [4.69, 9.17) is 0 Å². The summed E-state index contributed by atoms with van der Waals surface area (Å²) in [6, 6.07) is 55.7. The average molecular weight is 725 g/mol. The summed E-state index contributed by atoms with van der Waals surface area (Å²) in [4.78, 5) is 2.68. The predicted molar refractivity (Wildman–Crippen MR) is 232 cm³/mol. The van der Waals surface area contributed by atoms with Gasteiger partial charge in [-0.2, -0.15) is 0 Å². The Morgan fingerprint density at radius 2 is 0.907 bits per heavy atom. The highest BCUT2D eigenvalue weighted by Gasteiger charge is 2.36. The first-order chi connectivity index (χ1) is 26.3. The molecule has 0 radical (unpaired) electrons. The maximum Gasteiger partial charge on any atom is 0.0368 e. The van der Waals surface area contributed by atoms with Crippen LogP contribution in [-0.2, 0) is 10.8 Å². The molecule has 12 rings (SSSR count). The molecule has 0 amide bonds. The number of hydrogen-bond donors (Lipinski definition) is 0. The highest BCUT2D eigenvalue weighted by molar-refractivity contribution is 7.99. The molecule has 0 unspecified atom stereocenters. The van der Waals surface area contributed by atoms with E-state index in [1.165, 1.54) is 119 Å². The SMILES string of the molecule is CC1(C)c2ccccc2-c2ccc(-c3ccc4c(c3)Sc3cccc5c3c-4cc3sc4cc(-c6ccc7c(c6)C(C)(C)c6ccccc6-7)ccc4c35)cc21. The number of benzene rings is 8. The monoisotopic (exact) mass is 724 g/mol. The van der Waals surface area contributed by atoms with Crippen molar-refractivity contribution in [1.82, 2.24) is 0 Å². The first-order valence-electron chi connectivity index (χ1n) is 19.0. The van der Waals surface area contributed by atoms with Crippen molar-refractivity contribution in [1.29, 1.82) is 0 Å². The first-order valence-corrected chi connectivity index (χ1v) is 20.6. The third kappa shape index (κ3) is 4.05. The Balaban J connectivity index is 0.962. The minimum atomic E-state index is -0.0134. The zero-order valence-corrected chi connectivity index (χ0v) is 32.3. The number of hydrogen-bond acceptors (Lipinski definition) is 2.